The topological polar surface area (TPSA) is 41.5 Å². The molecular formula is C11H16O3P-. The first-order valence-electron chi connectivity index (χ1n) is 5.07. The normalized spacial score (nSPS) is 12.5. The average Bonchev–Trinajstić information content (AvgIpc) is 2.22. The molecule has 0 N–H and O–H groups in total. The fourth-order valence-electron chi connectivity index (χ4n) is 0.995. The first-order valence-corrected chi connectivity index (χ1v) is 6.16. The predicted molar refractivity (Wildman–Crippen MR) is 59.6 cm³/mol. The lowest BCUT2D eigenvalue weighted by molar-refractivity contribution is -0.196. The maximum absolute atomic E-state index is 11.3. The van der Waals surface area contributed by atoms with Gasteiger partial charge in [0.25, 0.3) is 0 Å². The van der Waals surface area contributed by atoms with Gasteiger partial charge in [-0.1, -0.05) is 31.0 Å². The van der Waals surface area contributed by atoms with Crippen LogP contribution in [0.1, 0.15) is 25.3 Å². The molecule has 0 radical (unpaired) electrons. The summed E-state index contributed by atoms with van der Waals surface area (Å²) in [7, 11) is -2.03. The molecule has 4 heteroatoms. The van der Waals surface area contributed by atoms with Gasteiger partial charge in [0.15, 0.2) is 0 Å². The van der Waals surface area contributed by atoms with Gasteiger partial charge in [-0.25, -0.2) is 0 Å². The summed E-state index contributed by atoms with van der Waals surface area (Å²) in [4.78, 5) is 11.3. The molecule has 0 aliphatic heterocycles. The summed E-state index contributed by atoms with van der Waals surface area (Å²) in [6.07, 6.45) is 1.92. The van der Waals surface area contributed by atoms with Gasteiger partial charge in [-0.15, -0.1) is 0 Å². The van der Waals surface area contributed by atoms with Crippen LogP contribution in [-0.4, -0.2) is 6.61 Å². The predicted octanol–water partition coefficient (Wildman–Crippen LogP) is 2.78. The largest absolute Gasteiger partial charge is 0.776 e. The Morgan fingerprint density at radius 2 is 1.93 bits per heavy atom. The Labute approximate surface area is 92.0 Å². The fourth-order valence-corrected chi connectivity index (χ4v) is 1.62. The summed E-state index contributed by atoms with van der Waals surface area (Å²) in [5, 5.41) is 0. The van der Waals surface area contributed by atoms with E-state index < -0.39 is 8.60 Å². The Morgan fingerprint density at radius 1 is 1.27 bits per heavy atom. The lowest BCUT2D eigenvalue weighted by Gasteiger charge is -2.22. The summed E-state index contributed by atoms with van der Waals surface area (Å²) < 4.78 is 10.1. The first kappa shape index (κ1) is 12.4. The van der Waals surface area contributed by atoms with E-state index in [0.717, 1.165) is 18.4 Å². The minimum absolute atomic E-state index is 0.484. The van der Waals surface area contributed by atoms with E-state index in [-0.39, 0.29) is 0 Å². The van der Waals surface area contributed by atoms with E-state index in [1.807, 2.05) is 19.1 Å². The van der Waals surface area contributed by atoms with Gasteiger partial charge < -0.3 is 13.9 Å². The van der Waals surface area contributed by atoms with Crippen molar-refractivity contribution in [1.82, 2.24) is 0 Å². The second-order valence-corrected chi connectivity index (χ2v) is 4.20. The van der Waals surface area contributed by atoms with E-state index >= 15 is 0 Å². The number of hydrogen-bond donors (Lipinski definition) is 0. The third-order valence-corrected chi connectivity index (χ3v) is 2.65. The molecule has 0 fully saturated rings. The molecule has 1 unspecified atom stereocenters. The molecule has 1 rings (SSSR count). The lowest BCUT2D eigenvalue weighted by Crippen LogP contribution is -2.05. The Morgan fingerprint density at radius 3 is 2.53 bits per heavy atom. The van der Waals surface area contributed by atoms with Crippen molar-refractivity contribution in [3.8, 4) is 5.75 Å². The Balaban J connectivity index is 2.31. The third kappa shape index (κ3) is 5.12. The molecule has 0 heterocycles. The molecule has 0 amide bonds. The van der Waals surface area contributed by atoms with Crippen molar-refractivity contribution in [2.45, 2.75) is 26.7 Å². The second-order valence-electron chi connectivity index (χ2n) is 3.31. The Bertz CT molecular complexity index is 274. The standard InChI is InChI=1S/C11H16O3P/c1-3-4-9-13-15(12)14-11-7-5-10(2)6-8-11/h5-8H,3-4,9H2,1-2H3/q-1. The second kappa shape index (κ2) is 6.78. The molecule has 1 aromatic carbocycles. The van der Waals surface area contributed by atoms with E-state index in [2.05, 4.69) is 6.92 Å². The van der Waals surface area contributed by atoms with Crippen LogP contribution >= 0.6 is 8.60 Å². The van der Waals surface area contributed by atoms with Gasteiger partial charge in [-0.3, -0.25) is 0 Å². The van der Waals surface area contributed by atoms with Gasteiger partial charge in [-0.05, 0) is 25.5 Å². The third-order valence-electron chi connectivity index (χ3n) is 1.90. The van der Waals surface area contributed by atoms with Gasteiger partial charge in [-0.2, -0.15) is 0 Å². The highest BCUT2D eigenvalue weighted by atomic mass is 31.2. The van der Waals surface area contributed by atoms with Crippen molar-refractivity contribution < 1.29 is 13.9 Å². The zero-order chi connectivity index (χ0) is 11.1. The van der Waals surface area contributed by atoms with E-state index in [4.69, 9.17) is 9.05 Å². The first-order chi connectivity index (χ1) is 7.22. The fraction of sp³-hybridized carbons (Fsp3) is 0.455. The summed E-state index contributed by atoms with van der Waals surface area (Å²) in [6.45, 7) is 4.52. The summed E-state index contributed by atoms with van der Waals surface area (Å²) in [5.41, 5.74) is 1.14. The Hall–Kier alpha value is -0.630. The SMILES string of the molecule is CCCCOP([O-])Oc1ccc(C)cc1. The zero-order valence-corrected chi connectivity index (χ0v) is 10.00. The van der Waals surface area contributed by atoms with Gasteiger partial charge in [0.2, 0.25) is 0 Å². The molecule has 0 saturated carbocycles. The molecule has 0 bridgehead atoms. The van der Waals surface area contributed by atoms with Crippen LogP contribution in [0.15, 0.2) is 24.3 Å². The van der Waals surface area contributed by atoms with Gasteiger partial charge in [0.1, 0.15) is 14.4 Å². The minimum atomic E-state index is -2.03. The highest BCUT2D eigenvalue weighted by Crippen LogP contribution is 2.30. The number of aryl methyl sites for hydroxylation is 1. The van der Waals surface area contributed by atoms with Gasteiger partial charge in [0.05, 0.1) is 6.61 Å². The molecule has 0 aliphatic rings. The van der Waals surface area contributed by atoms with Crippen LogP contribution in [0.2, 0.25) is 0 Å². The number of hydrogen-bond acceptors (Lipinski definition) is 3. The molecular weight excluding hydrogens is 211 g/mol. The van der Waals surface area contributed by atoms with Crippen LogP contribution in [0.5, 0.6) is 5.75 Å². The van der Waals surface area contributed by atoms with E-state index in [1.54, 1.807) is 12.1 Å². The van der Waals surface area contributed by atoms with Crippen molar-refractivity contribution in [3.63, 3.8) is 0 Å². The molecule has 3 nitrogen and oxygen atoms in total. The molecule has 0 saturated heterocycles. The van der Waals surface area contributed by atoms with Crippen molar-refractivity contribution in [2.24, 2.45) is 0 Å². The molecule has 0 aliphatic carbocycles. The Kier molecular flexibility index (Phi) is 5.62. The van der Waals surface area contributed by atoms with Gasteiger partial charge >= 0.3 is 0 Å². The smallest absolute Gasteiger partial charge is 0.147 e. The minimum Gasteiger partial charge on any atom is -0.776 e. The monoisotopic (exact) mass is 227 g/mol. The maximum atomic E-state index is 11.3. The molecule has 0 spiro atoms. The average molecular weight is 227 g/mol. The van der Waals surface area contributed by atoms with Crippen LogP contribution in [0.4, 0.5) is 0 Å². The molecule has 1 atom stereocenters. The van der Waals surface area contributed by atoms with Crippen LogP contribution in [0.3, 0.4) is 0 Å². The molecule has 15 heavy (non-hydrogen) atoms. The quantitative estimate of drug-likeness (QED) is 0.554. The summed E-state index contributed by atoms with van der Waals surface area (Å²) in [5.74, 6) is 0.582. The summed E-state index contributed by atoms with van der Waals surface area (Å²) >= 11 is 0. The van der Waals surface area contributed by atoms with E-state index in [0.29, 0.717) is 12.4 Å². The molecule has 0 aromatic heterocycles. The molecule has 84 valence electrons. The highest BCUT2D eigenvalue weighted by Gasteiger charge is 1.98. The number of benzene rings is 1. The van der Waals surface area contributed by atoms with Crippen LogP contribution < -0.4 is 9.42 Å². The number of rotatable bonds is 6. The molecule has 1 aromatic rings. The summed E-state index contributed by atoms with van der Waals surface area (Å²) in [6, 6.07) is 7.38. The highest BCUT2D eigenvalue weighted by molar-refractivity contribution is 7.39. The van der Waals surface area contributed by atoms with E-state index in [9.17, 15) is 4.89 Å². The lowest BCUT2D eigenvalue weighted by atomic mass is 10.2. The number of unbranched alkanes of at least 4 members (excludes halogenated alkanes) is 1. The maximum Gasteiger partial charge on any atom is 0.147 e. The van der Waals surface area contributed by atoms with E-state index in [1.165, 1.54) is 0 Å². The van der Waals surface area contributed by atoms with Crippen LogP contribution in [0.25, 0.3) is 0 Å². The zero-order valence-electron chi connectivity index (χ0n) is 9.10. The van der Waals surface area contributed by atoms with Gasteiger partial charge in [0, 0.05) is 0 Å². The van der Waals surface area contributed by atoms with Crippen molar-refractivity contribution >= 4 is 8.60 Å². The van der Waals surface area contributed by atoms with Crippen molar-refractivity contribution in [3.05, 3.63) is 29.8 Å². The van der Waals surface area contributed by atoms with Crippen molar-refractivity contribution in [2.75, 3.05) is 6.61 Å². The van der Waals surface area contributed by atoms with Crippen LogP contribution in [-0.2, 0) is 4.52 Å². The van der Waals surface area contributed by atoms with Crippen molar-refractivity contribution in [1.29, 1.82) is 0 Å². The van der Waals surface area contributed by atoms with Crippen LogP contribution in [0, 0.1) is 6.92 Å².